The molecule has 0 aliphatic carbocycles. The predicted molar refractivity (Wildman–Crippen MR) is 63.5 cm³/mol. The second-order valence-electron chi connectivity index (χ2n) is 3.98. The monoisotopic (exact) mass is 248 g/mol. The van der Waals surface area contributed by atoms with Crippen LogP contribution >= 0.6 is 0 Å². The van der Waals surface area contributed by atoms with Gasteiger partial charge in [0.15, 0.2) is 0 Å². The number of carboxylic acids is 1. The molecular weight excluding hydrogens is 238 g/mol. The van der Waals surface area contributed by atoms with Crippen LogP contribution in [0.3, 0.4) is 0 Å². The molecule has 2 aromatic rings. The first-order chi connectivity index (χ1) is 8.49. The highest BCUT2D eigenvalue weighted by Gasteiger charge is 2.17. The molecule has 4 heteroatoms. The van der Waals surface area contributed by atoms with E-state index in [1.165, 1.54) is 24.3 Å². The molecule has 0 aliphatic rings. The summed E-state index contributed by atoms with van der Waals surface area (Å²) >= 11 is 0. The van der Waals surface area contributed by atoms with Crippen LogP contribution in [0.5, 0.6) is 0 Å². The Bertz CT molecular complexity index is 601. The van der Waals surface area contributed by atoms with Crippen LogP contribution in [0.25, 0.3) is 11.1 Å². The third-order valence-electron chi connectivity index (χ3n) is 2.58. The Morgan fingerprint density at radius 1 is 1.17 bits per heavy atom. The van der Waals surface area contributed by atoms with E-state index in [1.54, 1.807) is 13.0 Å². The lowest BCUT2D eigenvalue weighted by Gasteiger charge is -2.08. The van der Waals surface area contributed by atoms with E-state index in [2.05, 4.69) is 0 Å². The second-order valence-corrected chi connectivity index (χ2v) is 3.98. The van der Waals surface area contributed by atoms with Gasteiger partial charge >= 0.3 is 5.97 Å². The van der Waals surface area contributed by atoms with Crippen molar-refractivity contribution < 1.29 is 18.7 Å². The summed E-state index contributed by atoms with van der Waals surface area (Å²) in [5, 5.41) is 9.01. The largest absolute Gasteiger partial charge is 0.478 e. The molecule has 2 aromatic carbocycles. The molecule has 0 unspecified atom stereocenters. The van der Waals surface area contributed by atoms with Crippen LogP contribution < -0.4 is 0 Å². The molecular formula is C14H10F2O2. The smallest absolute Gasteiger partial charge is 0.339 e. The standard InChI is InChI=1S/C14H10F2O2/c1-8-5-9(7-10(15)6-8)11-3-2-4-12(16)13(11)14(17)18/h2-7H,1H3,(H,17,18). The summed E-state index contributed by atoms with van der Waals surface area (Å²) in [7, 11) is 0. The van der Waals surface area contributed by atoms with Gasteiger partial charge in [-0.3, -0.25) is 0 Å². The Labute approximate surface area is 103 Å². The SMILES string of the molecule is Cc1cc(F)cc(-c2cccc(F)c2C(=O)O)c1. The Hall–Kier alpha value is -2.23. The van der Waals surface area contributed by atoms with E-state index in [-0.39, 0.29) is 5.56 Å². The number of aryl methyl sites for hydroxylation is 1. The number of rotatable bonds is 2. The zero-order valence-corrected chi connectivity index (χ0v) is 9.58. The van der Waals surface area contributed by atoms with Crippen LogP contribution in [0.1, 0.15) is 15.9 Å². The molecule has 0 atom stereocenters. The van der Waals surface area contributed by atoms with E-state index in [4.69, 9.17) is 5.11 Å². The molecule has 0 spiro atoms. The number of benzene rings is 2. The van der Waals surface area contributed by atoms with Crippen molar-refractivity contribution in [3.8, 4) is 11.1 Å². The topological polar surface area (TPSA) is 37.3 Å². The first-order valence-corrected chi connectivity index (χ1v) is 5.28. The van der Waals surface area contributed by atoms with E-state index in [0.717, 1.165) is 6.07 Å². The summed E-state index contributed by atoms with van der Waals surface area (Å²) in [5.74, 6) is -2.68. The van der Waals surface area contributed by atoms with Crippen molar-refractivity contribution in [2.24, 2.45) is 0 Å². The van der Waals surface area contributed by atoms with Gasteiger partial charge in [-0.2, -0.15) is 0 Å². The zero-order chi connectivity index (χ0) is 13.3. The first-order valence-electron chi connectivity index (χ1n) is 5.28. The van der Waals surface area contributed by atoms with Crippen LogP contribution in [-0.2, 0) is 0 Å². The van der Waals surface area contributed by atoms with Crippen LogP contribution in [0, 0.1) is 18.6 Å². The molecule has 1 N–H and O–H groups in total. The summed E-state index contributed by atoms with van der Waals surface area (Å²) in [4.78, 5) is 11.1. The van der Waals surface area contributed by atoms with E-state index >= 15 is 0 Å². The minimum absolute atomic E-state index is 0.171. The molecule has 0 fully saturated rings. The molecule has 0 bridgehead atoms. The average Bonchev–Trinajstić information content (AvgIpc) is 2.26. The quantitative estimate of drug-likeness (QED) is 0.880. The average molecular weight is 248 g/mol. The van der Waals surface area contributed by atoms with Gasteiger partial charge in [0, 0.05) is 0 Å². The second kappa shape index (κ2) is 4.56. The maximum Gasteiger partial charge on any atom is 0.339 e. The molecule has 2 nitrogen and oxygen atoms in total. The molecule has 0 amide bonds. The minimum atomic E-state index is -1.37. The van der Waals surface area contributed by atoms with Crippen molar-refractivity contribution in [3.63, 3.8) is 0 Å². The van der Waals surface area contributed by atoms with Crippen molar-refractivity contribution in [2.45, 2.75) is 6.92 Å². The van der Waals surface area contributed by atoms with Gasteiger partial charge in [-0.05, 0) is 41.8 Å². The molecule has 0 aromatic heterocycles. The molecule has 0 radical (unpaired) electrons. The lowest BCUT2D eigenvalue weighted by atomic mass is 9.98. The van der Waals surface area contributed by atoms with Gasteiger partial charge in [0.2, 0.25) is 0 Å². The minimum Gasteiger partial charge on any atom is -0.478 e. The summed E-state index contributed by atoms with van der Waals surface area (Å²) in [6.07, 6.45) is 0. The van der Waals surface area contributed by atoms with Crippen molar-refractivity contribution in [3.05, 3.63) is 59.2 Å². The van der Waals surface area contributed by atoms with Crippen LogP contribution in [0.4, 0.5) is 8.78 Å². The lowest BCUT2D eigenvalue weighted by molar-refractivity contribution is 0.0693. The number of halogens is 2. The van der Waals surface area contributed by atoms with Crippen molar-refractivity contribution in [2.75, 3.05) is 0 Å². The highest BCUT2D eigenvalue weighted by Crippen LogP contribution is 2.27. The fraction of sp³-hybridized carbons (Fsp3) is 0.0714. The third-order valence-corrected chi connectivity index (χ3v) is 2.58. The Morgan fingerprint density at radius 2 is 1.89 bits per heavy atom. The zero-order valence-electron chi connectivity index (χ0n) is 9.58. The van der Waals surface area contributed by atoms with Crippen LogP contribution in [-0.4, -0.2) is 11.1 Å². The van der Waals surface area contributed by atoms with E-state index < -0.39 is 23.2 Å². The fourth-order valence-electron chi connectivity index (χ4n) is 1.87. The van der Waals surface area contributed by atoms with Crippen molar-refractivity contribution in [1.82, 2.24) is 0 Å². The summed E-state index contributed by atoms with van der Waals surface area (Å²) in [6, 6.07) is 8.05. The van der Waals surface area contributed by atoms with E-state index in [9.17, 15) is 13.6 Å². The van der Waals surface area contributed by atoms with Gasteiger partial charge in [-0.25, -0.2) is 13.6 Å². The number of hydrogen-bond acceptors (Lipinski definition) is 1. The maximum absolute atomic E-state index is 13.5. The summed E-state index contributed by atoms with van der Waals surface area (Å²) < 4.78 is 26.8. The fourth-order valence-corrected chi connectivity index (χ4v) is 1.87. The predicted octanol–water partition coefficient (Wildman–Crippen LogP) is 3.64. The number of carbonyl (C=O) groups is 1. The van der Waals surface area contributed by atoms with Gasteiger partial charge < -0.3 is 5.11 Å². The normalized spacial score (nSPS) is 10.4. The van der Waals surface area contributed by atoms with Crippen LogP contribution in [0.15, 0.2) is 36.4 Å². The highest BCUT2D eigenvalue weighted by atomic mass is 19.1. The van der Waals surface area contributed by atoms with Gasteiger partial charge in [0.1, 0.15) is 17.2 Å². The van der Waals surface area contributed by atoms with Gasteiger partial charge in [0.25, 0.3) is 0 Å². The molecule has 0 heterocycles. The number of carboxylic acid groups (broad SMARTS) is 1. The van der Waals surface area contributed by atoms with E-state index in [1.807, 2.05) is 0 Å². The Kier molecular flexibility index (Phi) is 3.10. The van der Waals surface area contributed by atoms with Gasteiger partial charge in [-0.15, -0.1) is 0 Å². The highest BCUT2D eigenvalue weighted by molar-refractivity contribution is 5.96. The molecule has 92 valence electrons. The molecule has 0 saturated heterocycles. The van der Waals surface area contributed by atoms with Gasteiger partial charge in [0.05, 0.1) is 0 Å². The van der Waals surface area contributed by atoms with Crippen molar-refractivity contribution >= 4 is 5.97 Å². The number of aromatic carboxylic acids is 1. The summed E-state index contributed by atoms with van der Waals surface area (Å²) in [6.45, 7) is 1.69. The van der Waals surface area contributed by atoms with Crippen molar-refractivity contribution in [1.29, 1.82) is 0 Å². The maximum atomic E-state index is 13.5. The van der Waals surface area contributed by atoms with Crippen LogP contribution in [0.2, 0.25) is 0 Å². The first kappa shape index (κ1) is 12.2. The Morgan fingerprint density at radius 3 is 2.50 bits per heavy atom. The third kappa shape index (κ3) is 2.22. The molecule has 0 saturated carbocycles. The molecule has 18 heavy (non-hydrogen) atoms. The summed E-state index contributed by atoms with van der Waals surface area (Å²) in [5.41, 5.74) is 0.725. The lowest BCUT2D eigenvalue weighted by Crippen LogP contribution is -2.03. The molecule has 0 aliphatic heterocycles. The van der Waals surface area contributed by atoms with E-state index in [0.29, 0.717) is 11.1 Å². The Balaban J connectivity index is 2.71. The van der Waals surface area contributed by atoms with Gasteiger partial charge in [-0.1, -0.05) is 18.2 Å². The number of hydrogen-bond donors (Lipinski definition) is 1. The molecule has 2 rings (SSSR count).